The zero-order valence-corrected chi connectivity index (χ0v) is 13.3. The molecule has 1 fully saturated rings. The SMILES string of the molecule is CN(C)c1ccc(-c2noc(C(=O)NC[C@@H]3CCCO3)n2)cc1. The topological polar surface area (TPSA) is 80.5 Å². The van der Waals surface area contributed by atoms with Crippen molar-refractivity contribution in [2.75, 3.05) is 32.1 Å². The molecule has 1 amide bonds. The molecule has 2 aromatic rings. The van der Waals surface area contributed by atoms with Gasteiger partial charge in [0, 0.05) is 38.5 Å². The van der Waals surface area contributed by atoms with E-state index >= 15 is 0 Å². The summed E-state index contributed by atoms with van der Waals surface area (Å²) in [5.41, 5.74) is 1.88. The molecule has 1 aromatic carbocycles. The average molecular weight is 316 g/mol. The highest BCUT2D eigenvalue weighted by atomic mass is 16.5. The second kappa shape index (κ2) is 6.78. The Morgan fingerprint density at radius 1 is 1.35 bits per heavy atom. The van der Waals surface area contributed by atoms with Gasteiger partial charge in [0.15, 0.2) is 0 Å². The number of benzene rings is 1. The first-order valence-corrected chi connectivity index (χ1v) is 7.65. The molecule has 1 aliphatic heterocycles. The maximum atomic E-state index is 12.0. The van der Waals surface area contributed by atoms with Gasteiger partial charge < -0.3 is 19.5 Å². The van der Waals surface area contributed by atoms with Crippen molar-refractivity contribution in [3.8, 4) is 11.4 Å². The van der Waals surface area contributed by atoms with Crippen molar-refractivity contribution in [1.82, 2.24) is 15.5 Å². The fourth-order valence-corrected chi connectivity index (χ4v) is 2.43. The molecule has 0 saturated carbocycles. The molecule has 0 radical (unpaired) electrons. The van der Waals surface area contributed by atoms with Crippen LogP contribution in [0.25, 0.3) is 11.4 Å². The third-order valence-corrected chi connectivity index (χ3v) is 3.78. The van der Waals surface area contributed by atoms with Gasteiger partial charge in [-0.15, -0.1) is 0 Å². The molecular formula is C16H20N4O3. The van der Waals surface area contributed by atoms with Crippen LogP contribution in [0.4, 0.5) is 5.69 Å². The summed E-state index contributed by atoms with van der Waals surface area (Å²) in [4.78, 5) is 18.2. The number of nitrogens with one attached hydrogen (secondary N) is 1. The minimum atomic E-state index is -0.371. The number of amides is 1. The summed E-state index contributed by atoms with van der Waals surface area (Å²) in [5, 5.41) is 6.63. The van der Waals surface area contributed by atoms with E-state index in [-0.39, 0.29) is 17.9 Å². The van der Waals surface area contributed by atoms with Gasteiger partial charge >= 0.3 is 11.8 Å². The van der Waals surface area contributed by atoms with E-state index in [2.05, 4.69) is 15.5 Å². The lowest BCUT2D eigenvalue weighted by Crippen LogP contribution is -2.31. The van der Waals surface area contributed by atoms with Gasteiger partial charge in [0.25, 0.3) is 0 Å². The predicted octanol–water partition coefficient (Wildman–Crippen LogP) is 1.71. The van der Waals surface area contributed by atoms with Crippen molar-refractivity contribution in [1.29, 1.82) is 0 Å². The van der Waals surface area contributed by atoms with Gasteiger partial charge in [0.05, 0.1) is 6.10 Å². The largest absolute Gasteiger partial charge is 0.378 e. The minimum Gasteiger partial charge on any atom is -0.378 e. The predicted molar refractivity (Wildman–Crippen MR) is 85.4 cm³/mol. The molecule has 1 saturated heterocycles. The molecule has 0 spiro atoms. The molecular weight excluding hydrogens is 296 g/mol. The van der Waals surface area contributed by atoms with E-state index in [9.17, 15) is 4.79 Å². The van der Waals surface area contributed by atoms with E-state index in [1.54, 1.807) is 0 Å². The summed E-state index contributed by atoms with van der Waals surface area (Å²) in [5.74, 6) is -0.00332. The van der Waals surface area contributed by atoms with Crippen LogP contribution in [0, 0.1) is 0 Å². The number of hydrogen-bond acceptors (Lipinski definition) is 6. The first-order valence-electron chi connectivity index (χ1n) is 7.65. The van der Waals surface area contributed by atoms with Crippen LogP contribution in [0.1, 0.15) is 23.5 Å². The van der Waals surface area contributed by atoms with E-state index in [1.807, 2.05) is 43.3 Å². The maximum Gasteiger partial charge on any atom is 0.316 e. The maximum absolute atomic E-state index is 12.0. The molecule has 1 atom stereocenters. The number of anilines is 1. The Hall–Kier alpha value is -2.41. The van der Waals surface area contributed by atoms with Crippen LogP contribution in [-0.4, -0.2) is 49.4 Å². The van der Waals surface area contributed by atoms with E-state index < -0.39 is 0 Å². The molecule has 2 heterocycles. The van der Waals surface area contributed by atoms with E-state index in [1.165, 1.54) is 0 Å². The lowest BCUT2D eigenvalue weighted by molar-refractivity contribution is 0.0822. The average Bonchev–Trinajstić information content (AvgIpc) is 3.24. The molecule has 3 rings (SSSR count). The molecule has 1 N–H and O–H groups in total. The molecule has 1 aromatic heterocycles. The van der Waals surface area contributed by atoms with Crippen LogP contribution in [0.5, 0.6) is 0 Å². The Morgan fingerprint density at radius 3 is 2.78 bits per heavy atom. The zero-order valence-electron chi connectivity index (χ0n) is 13.3. The van der Waals surface area contributed by atoms with Crippen LogP contribution >= 0.6 is 0 Å². The number of rotatable bonds is 5. The van der Waals surface area contributed by atoms with E-state index in [0.717, 1.165) is 30.7 Å². The van der Waals surface area contributed by atoms with Crippen LogP contribution in [0.2, 0.25) is 0 Å². The molecule has 7 nitrogen and oxygen atoms in total. The van der Waals surface area contributed by atoms with Crippen molar-refractivity contribution in [2.24, 2.45) is 0 Å². The lowest BCUT2D eigenvalue weighted by atomic mass is 10.2. The molecule has 0 bridgehead atoms. The van der Waals surface area contributed by atoms with Crippen molar-refractivity contribution >= 4 is 11.6 Å². The van der Waals surface area contributed by atoms with E-state index in [0.29, 0.717) is 12.4 Å². The van der Waals surface area contributed by atoms with Crippen molar-refractivity contribution < 1.29 is 14.1 Å². The van der Waals surface area contributed by atoms with Crippen LogP contribution < -0.4 is 10.2 Å². The summed E-state index contributed by atoms with van der Waals surface area (Å²) in [6.07, 6.45) is 2.09. The Morgan fingerprint density at radius 2 is 2.13 bits per heavy atom. The van der Waals surface area contributed by atoms with Crippen molar-refractivity contribution in [2.45, 2.75) is 18.9 Å². The van der Waals surface area contributed by atoms with Crippen LogP contribution in [0.3, 0.4) is 0 Å². The van der Waals surface area contributed by atoms with Crippen molar-refractivity contribution in [3.63, 3.8) is 0 Å². The first-order chi connectivity index (χ1) is 11.1. The third-order valence-electron chi connectivity index (χ3n) is 3.78. The zero-order chi connectivity index (χ0) is 16.2. The monoisotopic (exact) mass is 316 g/mol. The van der Waals surface area contributed by atoms with Gasteiger partial charge in [-0.05, 0) is 37.1 Å². The van der Waals surface area contributed by atoms with E-state index in [4.69, 9.17) is 9.26 Å². The Labute approximate surface area is 134 Å². The number of ether oxygens (including phenoxy) is 1. The third kappa shape index (κ3) is 3.68. The molecule has 7 heteroatoms. The van der Waals surface area contributed by atoms with Gasteiger partial charge in [-0.3, -0.25) is 4.79 Å². The number of carbonyl (C=O) groups is 1. The number of carbonyl (C=O) groups excluding carboxylic acids is 1. The van der Waals surface area contributed by atoms with Gasteiger partial charge in [0.1, 0.15) is 0 Å². The summed E-state index contributed by atoms with van der Waals surface area (Å²) in [6, 6.07) is 7.72. The number of hydrogen-bond donors (Lipinski definition) is 1. The van der Waals surface area contributed by atoms with Gasteiger partial charge in [-0.2, -0.15) is 4.98 Å². The lowest BCUT2D eigenvalue weighted by Gasteiger charge is -2.11. The molecule has 23 heavy (non-hydrogen) atoms. The summed E-state index contributed by atoms with van der Waals surface area (Å²) < 4.78 is 10.5. The Kier molecular flexibility index (Phi) is 4.57. The Balaban J connectivity index is 1.63. The second-order valence-electron chi connectivity index (χ2n) is 5.71. The van der Waals surface area contributed by atoms with Gasteiger partial charge in [-0.25, -0.2) is 0 Å². The highest BCUT2D eigenvalue weighted by molar-refractivity contribution is 5.89. The number of nitrogens with zero attached hydrogens (tertiary/aromatic N) is 3. The summed E-state index contributed by atoms with van der Waals surface area (Å²) in [7, 11) is 3.94. The van der Waals surface area contributed by atoms with Gasteiger partial charge in [-0.1, -0.05) is 5.16 Å². The molecule has 0 aliphatic carbocycles. The fraction of sp³-hybridized carbons (Fsp3) is 0.438. The standard InChI is InChI=1S/C16H20N4O3/c1-20(2)12-7-5-11(6-8-12)14-18-16(23-19-14)15(21)17-10-13-4-3-9-22-13/h5-8,13H,3-4,9-10H2,1-2H3,(H,17,21)/t13-/m0/s1. The fourth-order valence-electron chi connectivity index (χ4n) is 2.43. The molecule has 0 unspecified atom stereocenters. The molecule has 1 aliphatic rings. The summed E-state index contributed by atoms with van der Waals surface area (Å²) >= 11 is 0. The highest BCUT2D eigenvalue weighted by Crippen LogP contribution is 2.20. The van der Waals surface area contributed by atoms with Crippen molar-refractivity contribution in [3.05, 3.63) is 30.2 Å². The normalized spacial score (nSPS) is 17.2. The molecule has 122 valence electrons. The second-order valence-corrected chi connectivity index (χ2v) is 5.71. The van der Waals surface area contributed by atoms with Gasteiger partial charge in [0.2, 0.25) is 5.82 Å². The highest BCUT2D eigenvalue weighted by Gasteiger charge is 2.20. The summed E-state index contributed by atoms with van der Waals surface area (Å²) in [6.45, 7) is 1.22. The quantitative estimate of drug-likeness (QED) is 0.904. The smallest absolute Gasteiger partial charge is 0.316 e. The van der Waals surface area contributed by atoms with Crippen LogP contribution in [-0.2, 0) is 4.74 Å². The Bertz CT molecular complexity index is 660. The number of aromatic nitrogens is 2. The first kappa shape index (κ1) is 15.5. The minimum absolute atomic E-state index is 0.0327. The van der Waals surface area contributed by atoms with Crippen LogP contribution in [0.15, 0.2) is 28.8 Å².